The highest BCUT2D eigenvalue weighted by molar-refractivity contribution is 5.72. The fourth-order valence-corrected chi connectivity index (χ4v) is 12.5. The van der Waals surface area contributed by atoms with Crippen LogP contribution in [0.5, 0.6) is 0 Å². The molecule has 0 aromatic rings. The Morgan fingerprint density at radius 2 is 0.565 bits per heavy atom. The highest BCUT2D eigenvalue weighted by Crippen LogP contribution is 2.33. The van der Waals surface area contributed by atoms with Crippen LogP contribution in [0.25, 0.3) is 0 Å². The third-order valence-electron chi connectivity index (χ3n) is 18.6. The Bertz CT molecular complexity index is 1670. The third kappa shape index (κ3) is 48.3. The van der Waals surface area contributed by atoms with E-state index in [0.717, 1.165) is 103 Å². The number of carbonyl (C=O) groups excluding carboxylic acids is 4. The molecule has 1 saturated heterocycles. The quantitative estimate of drug-likeness (QED) is 0.0143. The predicted octanol–water partition coefficient (Wildman–Crippen LogP) is 17.7. The van der Waals surface area contributed by atoms with E-state index in [2.05, 4.69) is 27.7 Å². The highest BCUT2D eigenvalue weighted by atomic mass is 16.8. The van der Waals surface area contributed by atoms with Gasteiger partial charge in [0.25, 0.3) is 0 Å². The van der Waals surface area contributed by atoms with Crippen LogP contribution in [0, 0.1) is 0 Å². The van der Waals surface area contributed by atoms with Gasteiger partial charge in [0.05, 0.1) is 6.61 Å². The van der Waals surface area contributed by atoms with Gasteiger partial charge in [0.15, 0.2) is 24.6 Å². The second-order valence-electron chi connectivity index (χ2n) is 27.3. The molecule has 1 aliphatic rings. The van der Waals surface area contributed by atoms with Crippen LogP contribution in [0.4, 0.5) is 0 Å². The van der Waals surface area contributed by atoms with E-state index in [1.165, 1.54) is 205 Å². The topological polar surface area (TPSA) is 245 Å². The summed E-state index contributed by atoms with van der Waals surface area (Å²) >= 11 is 0. The van der Waals surface area contributed by atoms with Crippen molar-refractivity contribution in [1.29, 1.82) is 0 Å². The van der Waals surface area contributed by atoms with Crippen molar-refractivity contribution in [3.63, 3.8) is 0 Å². The maximum absolute atomic E-state index is 14.2. The maximum Gasteiger partial charge on any atom is 0.306 e. The van der Waals surface area contributed by atoms with Gasteiger partial charge in [-0.2, -0.15) is 0 Å². The molecule has 16 nitrogen and oxygen atoms in total. The van der Waals surface area contributed by atoms with Crippen LogP contribution < -0.4 is 0 Å². The number of unbranched alkanes of at least 4 members (excludes halogenated alkanes) is 48. The summed E-state index contributed by atoms with van der Waals surface area (Å²) in [5.41, 5.74) is 0. The van der Waals surface area contributed by atoms with E-state index >= 15 is 0 Å². The van der Waals surface area contributed by atoms with Crippen LogP contribution in [0.15, 0.2) is 0 Å². The first kappa shape index (κ1) is 87.6. The van der Waals surface area contributed by atoms with Gasteiger partial charge in [-0.25, -0.2) is 0 Å². The molecule has 1 rings (SSSR count). The minimum absolute atomic E-state index is 0.0166. The number of rotatable bonds is 68. The molecule has 1 unspecified atom stereocenters. The van der Waals surface area contributed by atoms with E-state index in [0.29, 0.717) is 25.7 Å². The number of aliphatic hydroxyl groups is 6. The number of hydrogen-bond acceptors (Lipinski definition) is 16. The fraction of sp³-hybridized carbons (Fsp3) is 0.947. The van der Waals surface area contributed by atoms with Crippen molar-refractivity contribution in [3.8, 4) is 0 Å². The summed E-state index contributed by atoms with van der Waals surface area (Å²) in [6.07, 6.45) is 38.9. The minimum atomic E-state index is -2.41. The molecule has 0 amide bonds. The molecule has 1 fully saturated rings. The molecular formula is C76H144O16. The molecule has 544 valence electrons. The number of hydrogen-bond donors (Lipinski definition) is 6. The second kappa shape index (κ2) is 63.3. The zero-order chi connectivity index (χ0) is 67.3. The Morgan fingerprint density at radius 1 is 0.315 bits per heavy atom. The van der Waals surface area contributed by atoms with Crippen molar-refractivity contribution in [2.45, 2.75) is 449 Å². The first-order chi connectivity index (χ1) is 44.8. The SMILES string of the molecule is CCCCCCCCCCCCCCCC(=O)OC[C@H]1O[C@H](OC(O)[C@@H](O)[C@@H](O)[C@H](O)[C@H](O)CO)[C@@H](OC(=O)CCCCCCCCCCCCCCC)[C@@H](OC(=O)CCCCCCCCCCCCCCC)[C@@H]1OC(=O)CCCCCCCCCCCCCCC. The number of aliphatic hydroxyl groups excluding tert-OH is 6. The van der Waals surface area contributed by atoms with Crippen LogP contribution in [0.3, 0.4) is 0 Å². The smallest absolute Gasteiger partial charge is 0.306 e. The van der Waals surface area contributed by atoms with Gasteiger partial charge >= 0.3 is 23.9 Å². The van der Waals surface area contributed by atoms with E-state index in [4.69, 9.17) is 28.4 Å². The molecule has 0 spiro atoms. The standard InChI is InChI=1S/C76H144O16/c1-5-9-13-17-21-25-29-33-37-41-45-49-53-57-65(79)87-62-64-72(89-66(80)58-54-50-46-42-38-34-30-26-22-18-14-10-6-2)73(90-67(81)59-55-51-47-43-39-35-31-27-23-19-15-11-7-3)74(76(88-64)92-75(86)71(85)70(84)69(83)63(78)61-77)91-68(82)60-56-52-48-44-40-36-32-28-24-20-16-12-8-4/h63-64,69-78,83-86H,5-62H2,1-4H3/t63-,64-,69-,70+,71+,72-,73+,74+,75?,76-/m1/s1. The Labute approximate surface area is 561 Å². The summed E-state index contributed by atoms with van der Waals surface area (Å²) in [5.74, 6) is -2.56. The molecule has 92 heavy (non-hydrogen) atoms. The van der Waals surface area contributed by atoms with Crippen LogP contribution in [-0.4, -0.2) is 129 Å². The molecule has 0 aliphatic carbocycles. The molecule has 1 aliphatic heterocycles. The predicted molar refractivity (Wildman–Crippen MR) is 369 cm³/mol. The fourth-order valence-electron chi connectivity index (χ4n) is 12.5. The molecular weight excluding hydrogens is 1170 g/mol. The van der Waals surface area contributed by atoms with Gasteiger partial charge < -0.3 is 59.1 Å². The van der Waals surface area contributed by atoms with Crippen molar-refractivity contribution >= 4 is 23.9 Å². The van der Waals surface area contributed by atoms with Crippen LogP contribution in [0.2, 0.25) is 0 Å². The van der Waals surface area contributed by atoms with Crippen molar-refractivity contribution in [2.24, 2.45) is 0 Å². The van der Waals surface area contributed by atoms with Crippen LogP contribution in [-0.2, 0) is 47.6 Å². The van der Waals surface area contributed by atoms with E-state index in [9.17, 15) is 49.8 Å². The Kier molecular flexibility index (Phi) is 60.3. The van der Waals surface area contributed by atoms with Gasteiger partial charge in [0.1, 0.15) is 37.1 Å². The first-order valence-electron chi connectivity index (χ1n) is 38.9. The molecule has 1 heterocycles. The molecule has 6 N–H and O–H groups in total. The highest BCUT2D eigenvalue weighted by Gasteiger charge is 2.54. The van der Waals surface area contributed by atoms with Crippen LogP contribution in [0.1, 0.15) is 387 Å². The van der Waals surface area contributed by atoms with Crippen molar-refractivity contribution in [2.75, 3.05) is 13.2 Å². The summed E-state index contributed by atoms with van der Waals surface area (Å²) in [4.78, 5) is 55.9. The molecule has 0 radical (unpaired) electrons. The number of ether oxygens (including phenoxy) is 6. The molecule has 0 aromatic carbocycles. The summed E-state index contributed by atoms with van der Waals surface area (Å²) in [7, 11) is 0. The number of carbonyl (C=O) groups is 4. The summed E-state index contributed by atoms with van der Waals surface area (Å²) in [6, 6.07) is 0. The van der Waals surface area contributed by atoms with E-state index in [1.54, 1.807) is 0 Å². The van der Waals surface area contributed by atoms with E-state index in [1.807, 2.05) is 0 Å². The monoisotopic (exact) mass is 1310 g/mol. The molecule has 0 bridgehead atoms. The first-order valence-corrected chi connectivity index (χ1v) is 38.9. The van der Waals surface area contributed by atoms with Gasteiger partial charge in [-0.15, -0.1) is 0 Å². The maximum atomic E-state index is 14.2. The lowest BCUT2D eigenvalue weighted by Gasteiger charge is -2.45. The van der Waals surface area contributed by atoms with Gasteiger partial charge in [0.2, 0.25) is 6.29 Å². The van der Waals surface area contributed by atoms with Gasteiger partial charge in [-0.1, -0.05) is 336 Å². The van der Waals surface area contributed by atoms with Crippen molar-refractivity contribution in [3.05, 3.63) is 0 Å². The zero-order valence-corrected chi connectivity index (χ0v) is 59.6. The normalized spacial score (nSPS) is 18.3. The third-order valence-corrected chi connectivity index (χ3v) is 18.6. The van der Waals surface area contributed by atoms with Crippen LogP contribution >= 0.6 is 0 Å². The zero-order valence-electron chi connectivity index (χ0n) is 59.6. The van der Waals surface area contributed by atoms with Gasteiger partial charge in [-0.05, 0) is 25.7 Å². The van der Waals surface area contributed by atoms with Crippen molar-refractivity contribution in [1.82, 2.24) is 0 Å². The lowest BCUT2D eigenvalue weighted by atomic mass is 9.97. The summed E-state index contributed by atoms with van der Waals surface area (Å²) in [5, 5.41) is 63.5. The molecule has 16 heteroatoms. The summed E-state index contributed by atoms with van der Waals surface area (Å²) in [6.45, 7) is 7.42. The van der Waals surface area contributed by atoms with E-state index in [-0.39, 0.29) is 25.7 Å². The number of esters is 4. The molecule has 0 aromatic heterocycles. The Balaban J connectivity index is 3.46. The molecule has 10 atom stereocenters. The van der Waals surface area contributed by atoms with E-state index < -0.39 is 98.5 Å². The van der Waals surface area contributed by atoms with Crippen molar-refractivity contribution < 1.29 is 78.2 Å². The average molecular weight is 1310 g/mol. The average Bonchev–Trinajstić information content (AvgIpc) is 0.798. The Morgan fingerprint density at radius 3 is 0.848 bits per heavy atom. The Hall–Kier alpha value is -2.44. The largest absolute Gasteiger partial charge is 0.463 e. The summed E-state index contributed by atoms with van der Waals surface area (Å²) < 4.78 is 36.8. The van der Waals surface area contributed by atoms with Gasteiger partial charge in [-0.3, -0.25) is 19.2 Å². The second-order valence-corrected chi connectivity index (χ2v) is 27.3. The lowest BCUT2D eigenvalue weighted by molar-refractivity contribution is -0.349. The molecule has 0 saturated carbocycles. The lowest BCUT2D eigenvalue weighted by Crippen LogP contribution is -2.64. The van der Waals surface area contributed by atoms with Gasteiger partial charge in [0, 0.05) is 25.7 Å². The minimum Gasteiger partial charge on any atom is -0.463 e.